The zero-order valence-corrected chi connectivity index (χ0v) is 14.7. The number of fused-ring (bicyclic) bond motifs is 1. The van der Waals surface area contributed by atoms with Gasteiger partial charge in [0.15, 0.2) is 5.82 Å². The van der Waals surface area contributed by atoms with E-state index in [2.05, 4.69) is 85.5 Å². The van der Waals surface area contributed by atoms with Gasteiger partial charge in [-0.3, -0.25) is 0 Å². The fourth-order valence-corrected chi connectivity index (χ4v) is 2.91. The Balaban J connectivity index is 1.72. The van der Waals surface area contributed by atoms with Crippen LogP contribution in [0.1, 0.15) is 26.6 Å². The Labute approximate surface area is 147 Å². The number of hydrogen-bond acceptors (Lipinski definition) is 3. The third-order valence-electron chi connectivity index (χ3n) is 4.33. The van der Waals surface area contributed by atoms with E-state index in [0.29, 0.717) is 5.89 Å². The molecule has 0 fully saturated rings. The molecule has 4 aromatic rings. The van der Waals surface area contributed by atoms with Gasteiger partial charge in [-0.15, -0.1) is 0 Å². The summed E-state index contributed by atoms with van der Waals surface area (Å²) in [5.74, 6) is 1.29. The number of rotatable bonds is 2. The Morgan fingerprint density at radius 2 is 1.44 bits per heavy atom. The van der Waals surface area contributed by atoms with Gasteiger partial charge in [0, 0.05) is 11.0 Å². The summed E-state index contributed by atoms with van der Waals surface area (Å²) in [6.45, 7) is 6.22. The Morgan fingerprint density at radius 1 is 0.760 bits per heavy atom. The largest absolute Gasteiger partial charge is 0.334 e. The zero-order valence-electron chi connectivity index (χ0n) is 14.7. The molecule has 0 saturated carbocycles. The van der Waals surface area contributed by atoms with E-state index in [1.54, 1.807) is 0 Å². The van der Waals surface area contributed by atoms with E-state index >= 15 is 0 Å². The summed E-state index contributed by atoms with van der Waals surface area (Å²) in [5.41, 5.74) is 3.22. The van der Waals surface area contributed by atoms with Crippen molar-refractivity contribution >= 4 is 10.8 Å². The van der Waals surface area contributed by atoms with E-state index in [1.807, 2.05) is 12.1 Å². The summed E-state index contributed by atoms with van der Waals surface area (Å²) in [6.07, 6.45) is 0. The minimum Gasteiger partial charge on any atom is -0.334 e. The molecule has 0 aliphatic rings. The molecule has 0 N–H and O–H groups in total. The van der Waals surface area contributed by atoms with Crippen molar-refractivity contribution in [3.8, 4) is 22.6 Å². The Morgan fingerprint density at radius 3 is 2.16 bits per heavy atom. The molecule has 124 valence electrons. The van der Waals surface area contributed by atoms with Gasteiger partial charge in [0.2, 0.25) is 0 Å². The summed E-state index contributed by atoms with van der Waals surface area (Å²) in [4.78, 5) is 4.53. The van der Waals surface area contributed by atoms with Gasteiger partial charge in [-0.05, 0) is 34.0 Å². The van der Waals surface area contributed by atoms with E-state index in [4.69, 9.17) is 4.52 Å². The lowest BCUT2D eigenvalue weighted by molar-refractivity contribution is 0.402. The molecule has 0 radical (unpaired) electrons. The fraction of sp³-hybridized carbons (Fsp3) is 0.182. The van der Waals surface area contributed by atoms with Crippen LogP contribution in [-0.2, 0) is 5.41 Å². The summed E-state index contributed by atoms with van der Waals surface area (Å²) < 4.78 is 5.43. The third-order valence-corrected chi connectivity index (χ3v) is 4.33. The van der Waals surface area contributed by atoms with Crippen molar-refractivity contribution in [2.75, 3.05) is 0 Å². The minimum atomic E-state index is -0.120. The number of hydrogen-bond donors (Lipinski definition) is 0. The van der Waals surface area contributed by atoms with Crippen molar-refractivity contribution in [2.24, 2.45) is 0 Å². The predicted octanol–water partition coefficient (Wildman–Crippen LogP) is 5.85. The second-order valence-corrected chi connectivity index (χ2v) is 7.28. The molecular weight excluding hydrogens is 308 g/mol. The van der Waals surface area contributed by atoms with E-state index in [9.17, 15) is 0 Å². The van der Waals surface area contributed by atoms with Crippen LogP contribution in [0.4, 0.5) is 0 Å². The van der Waals surface area contributed by atoms with Crippen LogP contribution in [0.15, 0.2) is 71.3 Å². The highest BCUT2D eigenvalue weighted by molar-refractivity contribution is 5.96. The lowest BCUT2D eigenvalue weighted by Gasteiger charge is -2.10. The molecule has 3 aromatic carbocycles. The molecule has 0 atom stereocenters. The summed E-state index contributed by atoms with van der Waals surface area (Å²) in [6, 6.07) is 23.1. The molecule has 0 spiro atoms. The van der Waals surface area contributed by atoms with Crippen LogP contribution < -0.4 is 0 Å². The molecule has 0 unspecified atom stereocenters. The van der Waals surface area contributed by atoms with Crippen LogP contribution in [0.3, 0.4) is 0 Å². The van der Waals surface area contributed by atoms with Crippen LogP contribution in [0.5, 0.6) is 0 Å². The van der Waals surface area contributed by atoms with E-state index in [-0.39, 0.29) is 5.41 Å². The van der Waals surface area contributed by atoms with Gasteiger partial charge in [-0.2, -0.15) is 4.98 Å². The quantitative estimate of drug-likeness (QED) is 0.463. The summed E-state index contributed by atoms with van der Waals surface area (Å²) in [5, 5.41) is 6.60. The minimum absolute atomic E-state index is 0.120. The standard InChI is InChI=1S/C22H20N2O/c1-22(2,3)21-23-20(25-24-21)17-13-11-16(12-14-17)19-10-6-8-15-7-4-5-9-18(15)19/h4-14H,1-3H3. The van der Waals surface area contributed by atoms with Gasteiger partial charge in [0.25, 0.3) is 5.89 Å². The maximum absolute atomic E-state index is 5.43. The molecule has 1 aromatic heterocycles. The van der Waals surface area contributed by atoms with Crippen LogP contribution in [0, 0.1) is 0 Å². The highest BCUT2D eigenvalue weighted by atomic mass is 16.5. The first kappa shape index (κ1) is 15.6. The SMILES string of the molecule is CC(C)(C)c1noc(-c2ccc(-c3cccc4ccccc34)cc2)n1. The number of nitrogens with zero attached hydrogens (tertiary/aromatic N) is 2. The van der Waals surface area contributed by atoms with Gasteiger partial charge in [0.05, 0.1) is 0 Å². The predicted molar refractivity (Wildman–Crippen MR) is 101 cm³/mol. The van der Waals surface area contributed by atoms with Gasteiger partial charge >= 0.3 is 0 Å². The van der Waals surface area contributed by atoms with Crippen molar-refractivity contribution in [1.82, 2.24) is 10.1 Å². The Hall–Kier alpha value is -2.94. The van der Waals surface area contributed by atoms with Crippen LogP contribution in [0.2, 0.25) is 0 Å². The van der Waals surface area contributed by atoms with Crippen molar-refractivity contribution < 1.29 is 4.52 Å². The average molecular weight is 328 g/mol. The maximum atomic E-state index is 5.43. The van der Waals surface area contributed by atoms with Crippen molar-refractivity contribution in [3.05, 3.63) is 72.6 Å². The normalized spacial score (nSPS) is 11.8. The van der Waals surface area contributed by atoms with E-state index in [1.165, 1.54) is 21.9 Å². The van der Waals surface area contributed by atoms with Crippen molar-refractivity contribution in [1.29, 1.82) is 0 Å². The molecule has 0 aliphatic carbocycles. The third kappa shape index (κ3) is 2.93. The zero-order chi connectivity index (χ0) is 17.4. The molecule has 3 nitrogen and oxygen atoms in total. The van der Waals surface area contributed by atoms with Crippen LogP contribution >= 0.6 is 0 Å². The first-order valence-corrected chi connectivity index (χ1v) is 8.45. The molecule has 0 amide bonds. The van der Waals surface area contributed by atoms with Gasteiger partial charge in [-0.25, -0.2) is 0 Å². The molecule has 0 saturated heterocycles. The summed E-state index contributed by atoms with van der Waals surface area (Å²) >= 11 is 0. The highest BCUT2D eigenvalue weighted by Crippen LogP contribution is 2.30. The maximum Gasteiger partial charge on any atom is 0.257 e. The average Bonchev–Trinajstić information content (AvgIpc) is 3.12. The van der Waals surface area contributed by atoms with Crippen molar-refractivity contribution in [2.45, 2.75) is 26.2 Å². The Bertz CT molecular complexity index is 1020. The monoisotopic (exact) mass is 328 g/mol. The topological polar surface area (TPSA) is 38.9 Å². The summed E-state index contributed by atoms with van der Waals surface area (Å²) in [7, 11) is 0. The molecule has 25 heavy (non-hydrogen) atoms. The molecule has 0 bridgehead atoms. The number of aromatic nitrogens is 2. The second kappa shape index (κ2) is 5.85. The highest BCUT2D eigenvalue weighted by Gasteiger charge is 2.21. The van der Waals surface area contributed by atoms with Gasteiger partial charge in [0.1, 0.15) is 0 Å². The molecule has 1 heterocycles. The van der Waals surface area contributed by atoms with Crippen LogP contribution in [-0.4, -0.2) is 10.1 Å². The van der Waals surface area contributed by atoms with E-state index < -0.39 is 0 Å². The van der Waals surface area contributed by atoms with Gasteiger partial charge in [-0.1, -0.05) is 80.5 Å². The molecule has 0 aliphatic heterocycles. The Kier molecular flexibility index (Phi) is 3.65. The van der Waals surface area contributed by atoms with Crippen LogP contribution in [0.25, 0.3) is 33.4 Å². The first-order valence-electron chi connectivity index (χ1n) is 8.45. The molecular formula is C22H20N2O. The van der Waals surface area contributed by atoms with Crippen molar-refractivity contribution in [3.63, 3.8) is 0 Å². The molecule has 3 heteroatoms. The van der Waals surface area contributed by atoms with E-state index in [0.717, 1.165) is 11.4 Å². The fourth-order valence-electron chi connectivity index (χ4n) is 2.91. The molecule has 4 rings (SSSR count). The van der Waals surface area contributed by atoms with Gasteiger partial charge < -0.3 is 4.52 Å². The number of benzene rings is 3. The second-order valence-electron chi connectivity index (χ2n) is 7.28. The smallest absolute Gasteiger partial charge is 0.257 e. The first-order chi connectivity index (χ1) is 12.0. The lowest BCUT2D eigenvalue weighted by atomic mass is 9.96. The lowest BCUT2D eigenvalue weighted by Crippen LogP contribution is -2.13.